The summed E-state index contributed by atoms with van der Waals surface area (Å²) in [5, 5.41) is 17.2. The van der Waals surface area contributed by atoms with E-state index in [-0.39, 0.29) is 84.6 Å². The number of hydrogen-bond acceptors (Lipinski definition) is 14. The van der Waals surface area contributed by atoms with Gasteiger partial charge in [-0.1, -0.05) is 94.8 Å². The highest BCUT2D eigenvalue weighted by molar-refractivity contribution is 6.00. The number of nitrogens with zero attached hydrogens (tertiary/aromatic N) is 5. The summed E-state index contributed by atoms with van der Waals surface area (Å²) in [4.78, 5) is 141. The van der Waals surface area contributed by atoms with E-state index in [0.29, 0.717) is 44.9 Å². The maximum absolute atomic E-state index is 14.9. The highest BCUT2D eigenvalue weighted by Crippen LogP contribution is 2.30. The molecular formula is C60H73N11O12. The van der Waals surface area contributed by atoms with Crippen molar-refractivity contribution in [3.63, 3.8) is 0 Å². The fourth-order valence-corrected chi connectivity index (χ4v) is 11.4. The molecule has 4 aliphatic heterocycles. The lowest BCUT2D eigenvalue weighted by molar-refractivity contribution is -0.147. The van der Waals surface area contributed by atoms with E-state index < -0.39 is 108 Å². The standard InChI is InChI=1S/C60H73N11O12/c1-7-34(4)49-56-65-42(32-82-56)52(74)62-35(5)58(78)71-26-16-23-45(71)60(80)70-25-14-21-43(70)53(75)61-30-47(72)66-48(33(2)3)57-68-50(36(6)83-57)55(77)63-40(27-37-17-10-8-11-18-37)46-29-39(31-81-46)51(73)64-41(28-38-19-12-9-13-20-38)59(79)69-24-15-22-44(69)54(76)67-49/h8-13,17-20,29,31-35,40-41,43-45,48-49H,7,14-16,21-28,30H2,1-6H3,(H,61,75)(H,62,74)(H,63,77)(H,64,73)(H,66,72)(H,67,76)/t34-,35-,40-,41-,43-,44-,45-,48-,49-/m0/s1. The Morgan fingerprint density at radius 3 is 1.83 bits per heavy atom. The highest BCUT2D eigenvalue weighted by atomic mass is 16.4. The minimum atomic E-state index is -1.14. The summed E-state index contributed by atoms with van der Waals surface area (Å²) in [5.74, 6) is -5.15. The molecule has 9 atom stereocenters. The molecule has 3 aromatic heterocycles. The summed E-state index contributed by atoms with van der Waals surface area (Å²) in [6, 6.07) is 12.4. The third-order valence-corrected chi connectivity index (χ3v) is 16.1. The van der Waals surface area contributed by atoms with Crippen LogP contribution in [0.4, 0.5) is 0 Å². The molecule has 3 saturated heterocycles. The van der Waals surface area contributed by atoms with Crippen LogP contribution >= 0.6 is 0 Å². The molecular weight excluding hydrogens is 1070 g/mol. The van der Waals surface area contributed by atoms with Crippen molar-refractivity contribution in [1.82, 2.24) is 56.6 Å². The Morgan fingerprint density at radius 2 is 1.19 bits per heavy atom. The predicted molar refractivity (Wildman–Crippen MR) is 298 cm³/mol. The van der Waals surface area contributed by atoms with Crippen LogP contribution in [0.5, 0.6) is 0 Å². The zero-order chi connectivity index (χ0) is 59.1. The van der Waals surface area contributed by atoms with E-state index in [1.807, 2.05) is 88.4 Å². The van der Waals surface area contributed by atoms with E-state index in [2.05, 4.69) is 41.9 Å². The summed E-state index contributed by atoms with van der Waals surface area (Å²) in [6.45, 7) is 10.8. The number of fused-ring (bicyclic) bond motifs is 9. The first kappa shape index (κ1) is 59.0. The molecule has 5 aromatic rings. The van der Waals surface area contributed by atoms with Crippen LogP contribution < -0.4 is 31.9 Å². The van der Waals surface area contributed by atoms with Gasteiger partial charge in [-0.15, -0.1) is 0 Å². The third-order valence-electron chi connectivity index (χ3n) is 16.1. The summed E-state index contributed by atoms with van der Waals surface area (Å²) in [7, 11) is 0. The van der Waals surface area contributed by atoms with Crippen molar-refractivity contribution in [2.45, 2.75) is 148 Å². The number of amides is 9. The number of aryl methyl sites for hydroxylation is 1. The fraction of sp³-hybridized carbons (Fsp3) is 0.483. The minimum absolute atomic E-state index is 0.0346. The number of benzene rings is 2. The number of carbonyl (C=O) groups is 9. The van der Waals surface area contributed by atoms with E-state index >= 15 is 0 Å². The number of rotatable bonds is 7. The van der Waals surface area contributed by atoms with Crippen LogP contribution in [0.2, 0.25) is 0 Å². The van der Waals surface area contributed by atoms with Crippen LogP contribution in [0.15, 0.2) is 92.5 Å². The lowest BCUT2D eigenvalue weighted by atomic mass is 9.98. The lowest BCUT2D eigenvalue weighted by Gasteiger charge is -2.32. The molecule has 6 bridgehead atoms. The van der Waals surface area contributed by atoms with Crippen LogP contribution in [-0.4, -0.2) is 134 Å². The molecule has 7 heterocycles. The van der Waals surface area contributed by atoms with Crippen LogP contribution in [0.25, 0.3) is 0 Å². The Hall–Kier alpha value is -8.63. The zero-order valence-electron chi connectivity index (χ0n) is 47.6. The second kappa shape index (κ2) is 26.1. The second-order valence-corrected chi connectivity index (χ2v) is 22.3. The first-order chi connectivity index (χ1) is 39.9. The van der Waals surface area contributed by atoms with Crippen molar-refractivity contribution in [2.24, 2.45) is 11.8 Å². The molecule has 0 radical (unpaired) electrons. The van der Waals surface area contributed by atoms with Gasteiger partial charge in [0, 0.05) is 26.1 Å². The van der Waals surface area contributed by atoms with Crippen LogP contribution in [0.3, 0.4) is 0 Å². The van der Waals surface area contributed by atoms with Crippen molar-refractivity contribution in [2.75, 3.05) is 26.2 Å². The Labute approximate surface area is 480 Å². The molecule has 0 spiro atoms. The Bertz CT molecular complexity index is 3190. The summed E-state index contributed by atoms with van der Waals surface area (Å²) >= 11 is 0. The van der Waals surface area contributed by atoms with E-state index in [4.69, 9.17) is 13.3 Å². The molecule has 23 heteroatoms. The van der Waals surface area contributed by atoms with Crippen molar-refractivity contribution in [3.05, 3.63) is 131 Å². The number of nitrogens with one attached hydrogen (secondary N) is 6. The molecule has 2 aromatic carbocycles. The first-order valence-electron chi connectivity index (χ1n) is 28.7. The number of aromatic nitrogens is 2. The Kier molecular flexibility index (Phi) is 18.5. The van der Waals surface area contributed by atoms with Crippen LogP contribution in [0, 0.1) is 18.8 Å². The molecule has 0 saturated carbocycles. The Morgan fingerprint density at radius 1 is 0.602 bits per heavy atom. The molecule has 83 heavy (non-hydrogen) atoms. The van der Waals surface area contributed by atoms with Crippen molar-refractivity contribution in [3.8, 4) is 0 Å². The van der Waals surface area contributed by atoms with Gasteiger partial charge in [0.2, 0.25) is 47.2 Å². The zero-order valence-corrected chi connectivity index (χ0v) is 47.6. The molecule has 0 aliphatic carbocycles. The Balaban J connectivity index is 1.02. The van der Waals surface area contributed by atoms with Gasteiger partial charge in [0.05, 0.1) is 18.2 Å². The van der Waals surface area contributed by atoms with Gasteiger partial charge in [0.1, 0.15) is 66.3 Å². The average molecular weight is 1140 g/mol. The monoisotopic (exact) mass is 1140 g/mol. The van der Waals surface area contributed by atoms with Gasteiger partial charge in [-0.25, -0.2) is 9.97 Å². The van der Waals surface area contributed by atoms with Crippen LogP contribution in [0.1, 0.15) is 163 Å². The largest absolute Gasteiger partial charge is 0.466 e. The second-order valence-electron chi connectivity index (χ2n) is 22.3. The highest BCUT2D eigenvalue weighted by Gasteiger charge is 2.44. The maximum atomic E-state index is 14.9. The molecule has 440 valence electrons. The summed E-state index contributed by atoms with van der Waals surface area (Å²) in [5.41, 5.74) is 1.43. The topological polar surface area (TPSA) is 301 Å². The van der Waals surface area contributed by atoms with Gasteiger partial charge >= 0.3 is 0 Å². The quantitative estimate of drug-likeness (QED) is 0.130. The molecule has 6 N–H and O–H groups in total. The SMILES string of the molecule is CC[C@H](C)[C@@H]1NC(=O)[C@@H]2CCCN2C(=O)[C@H](Cc2ccccc2)NC(=O)c2coc(c2)[C@H](Cc2ccccc2)NC(=O)c2nc(oc2C)[C@H](C(C)C)NC(=O)CNC(=O)[C@@H]2CCCN2C(=O)[C@@H]2CCCN2C(=O)[C@H](C)NC(=O)c2coc1n2. The van der Waals surface area contributed by atoms with Gasteiger partial charge in [-0.05, 0) is 87.8 Å². The van der Waals surface area contributed by atoms with E-state index in [1.54, 1.807) is 6.92 Å². The van der Waals surface area contributed by atoms with Gasteiger partial charge in [0.25, 0.3) is 17.7 Å². The summed E-state index contributed by atoms with van der Waals surface area (Å²) in [6.07, 6.45) is 5.77. The molecule has 4 aliphatic rings. The fourth-order valence-electron chi connectivity index (χ4n) is 11.4. The van der Waals surface area contributed by atoms with E-state index in [9.17, 15) is 43.2 Å². The van der Waals surface area contributed by atoms with E-state index in [0.717, 1.165) is 17.4 Å². The molecule has 9 rings (SSSR count). The average Bonchev–Trinajstić information content (AvgIpc) is 4.56. The molecule has 3 fully saturated rings. The van der Waals surface area contributed by atoms with Crippen molar-refractivity contribution in [1.29, 1.82) is 0 Å². The lowest BCUT2D eigenvalue weighted by Crippen LogP contribution is -2.56. The third kappa shape index (κ3) is 13.5. The normalized spacial score (nSPS) is 25.2. The maximum Gasteiger partial charge on any atom is 0.274 e. The predicted octanol–water partition coefficient (Wildman–Crippen LogP) is 4.56. The number of oxazole rings is 2. The van der Waals surface area contributed by atoms with Crippen molar-refractivity contribution >= 4 is 53.2 Å². The van der Waals surface area contributed by atoms with Gasteiger partial charge in [-0.2, -0.15) is 0 Å². The van der Waals surface area contributed by atoms with Gasteiger partial charge < -0.3 is 59.9 Å². The number of hydrogen-bond donors (Lipinski definition) is 6. The molecule has 0 unspecified atom stereocenters. The first-order valence-corrected chi connectivity index (χ1v) is 28.7. The number of furan rings is 1. The minimum Gasteiger partial charge on any atom is -0.466 e. The summed E-state index contributed by atoms with van der Waals surface area (Å²) < 4.78 is 18.0. The number of carbonyl (C=O) groups excluding carboxylic acids is 9. The van der Waals surface area contributed by atoms with Crippen LogP contribution in [-0.2, 0) is 41.6 Å². The van der Waals surface area contributed by atoms with Crippen molar-refractivity contribution < 1.29 is 56.4 Å². The molecule has 9 amide bonds. The van der Waals surface area contributed by atoms with E-state index in [1.165, 1.54) is 34.0 Å². The molecule has 23 nitrogen and oxygen atoms in total. The van der Waals surface area contributed by atoms with Gasteiger partial charge in [-0.3, -0.25) is 43.2 Å². The smallest absolute Gasteiger partial charge is 0.274 e. The van der Waals surface area contributed by atoms with Gasteiger partial charge in [0.15, 0.2) is 11.4 Å².